The number of nitrogens with one attached hydrogen (secondary N) is 2. The minimum Gasteiger partial charge on any atom is -0.449 e. The Bertz CT molecular complexity index is 1220. The summed E-state index contributed by atoms with van der Waals surface area (Å²) in [5.41, 5.74) is 7.35. The van der Waals surface area contributed by atoms with E-state index in [1.54, 1.807) is 6.07 Å². The topological polar surface area (TPSA) is 67.4 Å². The van der Waals surface area contributed by atoms with E-state index in [2.05, 4.69) is 46.7 Å². The Morgan fingerprint density at radius 3 is 2.47 bits per heavy atom. The number of hydrogen-bond donors (Lipinski definition) is 2. The van der Waals surface area contributed by atoms with Gasteiger partial charge in [-0.05, 0) is 46.0 Å². The Morgan fingerprint density at radius 2 is 1.72 bits per heavy atom. The zero-order valence-electron chi connectivity index (χ0n) is 17.5. The largest absolute Gasteiger partial charge is 0.449 e. The first-order valence-electron chi connectivity index (χ1n) is 10.7. The summed E-state index contributed by atoms with van der Waals surface area (Å²) in [4.78, 5) is 23.8. The van der Waals surface area contributed by atoms with E-state index in [-0.39, 0.29) is 11.8 Å². The lowest BCUT2D eigenvalue weighted by Gasteiger charge is -2.14. The molecule has 0 radical (unpaired) electrons. The molecule has 0 atom stereocenters. The summed E-state index contributed by atoms with van der Waals surface area (Å²) in [7, 11) is 0. The van der Waals surface area contributed by atoms with Crippen molar-refractivity contribution in [2.24, 2.45) is 0 Å². The maximum atomic E-state index is 12.2. The predicted molar refractivity (Wildman–Crippen MR) is 122 cm³/mol. The van der Waals surface area contributed by atoms with Gasteiger partial charge in [0.05, 0.1) is 0 Å². The third kappa shape index (κ3) is 3.83. The summed E-state index contributed by atoms with van der Waals surface area (Å²) in [6, 6.07) is 22.1. The van der Waals surface area contributed by atoms with Crippen LogP contribution in [0.5, 0.6) is 0 Å². The number of rotatable bonds is 4. The van der Waals surface area contributed by atoms with Crippen molar-refractivity contribution < 1.29 is 14.3 Å². The quantitative estimate of drug-likeness (QED) is 0.489. The Balaban J connectivity index is 1.12. The molecule has 1 aliphatic heterocycles. The van der Waals surface area contributed by atoms with E-state index in [4.69, 9.17) is 4.74 Å². The fourth-order valence-electron chi connectivity index (χ4n) is 4.35. The molecule has 0 unspecified atom stereocenters. The van der Waals surface area contributed by atoms with Gasteiger partial charge in [0.15, 0.2) is 0 Å². The molecule has 0 spiro atoms. The normalized spacial score (nSPS) is 13.3. The van der Waals surface area contributed by atoms with Crippen molar-refractivity contribution in [1.82, 2.24) is 10.6 Å². The van der Waals surface area contributed by atoms with E-state index in [1.807, 2.05) is 36.4 Å². The Kier molecular flexibility index (Phi) is 5.35. The third-order valence-electron chi connectivity index (χ3n) is 5.89. The minimum atomic E-state index is -0.434. The van der Waals surface area contributed by atoms with Gasteiger partial charge in [-0.25, -0.2) is 4.79 Å². The van der Waals surface area contributed by atoms with Crippen LogP contribution in [0.1, 0.15) is 45.0 Å². The Labute approximate surface area is 186 Å². The Hall–Kier alpha value is -4.04. The smallest absolute Gasteiger partial charge is 0.407 e. The number of ether oxygens (including phenoxy) is 1. The zero-order chi connectivity index (χ0) is 21.9. The highest BCUT2D eigenvalue weighted by Gasteiger charge is 2.28. The van der Waals surface area contributed by atoms with Crippen LogP contribution in [0.25, 0.3) is 11.1 Å². The lowest BCUT2D eigenvalue weighted by molar-refractivity contribution is 0.0965. The van der Waals surface area contributed by atoms with Gasteiger partial charge in [-0.3, -0.25) is 4.79 Å². The number of hydrogen-bond acceptors (Lipinski definition) is 3. The summed E-state index contributed by atoms with van der Waals surface area (Å²) in [6.07, 6.45) is 0.0779. The summed E-state index contributed by atoms with van der Waals surface area (Å²) in [5.74, 6) is 6.15. The molecule has 0 fully saturated rings. The lowest BCUT2D eigenvalue weighted by Crippen LogP contribution is -2.26. The van der Waals surface area contributed by atoms with Gasteiger partial charge in [0.2, 0.25) is 0 Å². The predicted octanol–water partition coefficient (Wildman–Crippen LogP) is 4.21. The third-order valence-corrected chi connectivity index (χ3v) is 5.89. The molecule has 0 aromatic heterocycles. The molecular formula is C27H22N2O3. The van der Waals surface area contributed by atoms with Crippen molar-refractivity contribution in [1.29, 1.82) is 0 Å². The standard InChI is InChI=1S/C27H22N2O3/c30-26-20-13-12-18(15-19(20)16-29-26)7-5-6-14-28-27(31)32-17-25-23-10-3-1-8-21(23)22-9-2-4-11-24(22)25/h1-4,8-13,15,25H,6,14,16-17H2,(H,28,31)(H,29,30). The van der Waals surface area contributed by atoms with Crippen LogP contribution in [0.4, 0.5) is 4.79 Å². The lowest BCUT2D eigenvalue weighted by atomic mass is 9.98. The number of amides is 2. The highest BCUT2D eigenvalue weighted by Crippen LogP contribution is 2.44. The van der Waals surface area contributed by atoms with E-state index >= 15 is 0 Å². The molecule has 2 N–H and O–H groups in total. The average molecular weight is 422 g/mol. The van der Waals surface area contributed by atoms with Gasteiger partial charge >= 0.3 is 6.09 Å². The molecule has 5 heteroatoms. The fourth-order valence-corrected chi connectivity index (χ4v) is 4.35. The van der Waals surface area contributed by atoms with Crippen molar-refractivity contribution in [2.75, 3.05) is 13.2 Å². The SMILES string of the molecule is O=C(NCCC#Cc1ccc2c(c1)CNC2=O)OCC1c2ccccc2-c2ccccc21. The van der Waals surface area contributed by atoms with Gasteiger partial charge in [0, 0.05) is 36.6 Å². The van der Waals surface area contributed by atoms with Crippen LogP contribution in [0, 0.1) is 11.8 Å². The van der Waals surface area contributed by atoms with E-state index < -0.39 is 6.09 Å². The van der Waals surface area contributed by atoms with Gasteiger partial charge in [0.25, 0.3) is 5.91 Å². The molecule has 2 amide bonds. The van der Waals surface area contributed by atoms with E-state index in [9.17, 15) is 9.59 Å². The summed E-state index contributed by atoms with van der Waals surface area (Å²) in [5, 5.41) is 5.57. The number of carbonyl (C=O) groups excluding carboxylic acids is 2. The maximum Gasteiger partial charge on any atom is 0.407 e. The summed E-state index contributed by atoms with van der Waals surface area (Å²) < 4.78 is 5.53. The molecule has 32 heavy (non-hydrogen) atoms. The van der Waals surface area contributed by atoms with Gasteiger partial charge in [0.1, 0.15) is 6.61 Å². The highest BCUT2D eigenvalue weighted by molar-refractivity contribution is 5.98. The molecule has 2 aliphatic rings. The van der Waals surface area contributed by atoms with Crippen molar-refractivity contribution in [2.45, 2.75) is 18.9 Å². The number of alkyl carbamates (subject to hydrolysis) is 1. The molecule has 0 saturated carbocycles. The van der Waals surface area contributed by atoms with Crippen molar-refractivity contribution in [3.8, 4) is 23.0 Å². The van der Waals surface area contributed by atoms with Crippen LogP contribution in [-0.4, -0.2) is 25.2 Å². The van der Waals surface area contributed by atoms with Gasteiger partial charge in [-0.2, -0.15) is 0 Å². The Morgan fingerprint density at radius 1 is 1.00 bits per heavy atom. The molecule has 0 saturated heterocycles. The van der Waals surface area contributed by atoms with Crippen molar-refractivity contribution in [3.05, 3.63) is 94.5 Å². The highest BCUT2D eigenvalue weighted by atomic mass is 16.5. The van der Waals surface area contributed by atoms with Crippen LogP contribution in [0.15, 0.2) is 66.7 Å². The number of benzene rings is 3. The van der Waals surface area contributed by atoms with Crippen molar-refractivity contribution >= 4 is 12.0 Å². The second-order valence-electron chi connectivity index (χ2n) is 7.86. The first-order valence-corrected chi connectivity index (χ1v) is 10.7. The average Bonchev–Trinajstić information content (AvgIpc) is 3.35. The molecule has 0 bridgehead atoms. The first-order chi connectivity index (χ1) is 15.7. The van der Waals surface area contributed by atoms with Crippen LogP contribution >= 0.6 is 0 Å². The molecule has 5 rings (SSSR count). The van der Waals surface area contributed by atoms with Crippen LogP contribution in [-0.2, 0) is 11.3 Å². The number of fused-ring (bicyclic) bond motifs is 4. The van der Waals surface area contributed by atoms with Gasteiger partial charge in [-0.15, -0.1) is 0 Å². The van der Waals surface area contributed by atoms with E-state index in [0.29, 0.717) is 31.7 Å². The fraction of sp³-hybridized carbons (Fsp3) is 0.185. The van der Waals surface area contributed by atoms with Crippen LogP contribution in [0.2, 0.25) is 0 Å². The second-order valence-corrected chi connectivity index (χ2v) is 7.86. The summed E-state index contributed by atoms with van der Waals surface area (Å²) >= 11 is 0. The molecule has 1 aliphatic carbocycles. The van der Waals surface area contributed by atoms with Crippen LogP contribution in [0.3, 0.4) is 0 Å². The molecule has 5 nitrogen and oxygen atoms in total. The van der Waals surface area contributed by atoms with Crippen LogP contribution < -0.4 is 10.6 Å². The van der Waals surface area contributed by atoms with Gasteiger partial charge < -0.3 is 15.4 Å². The van der Waals surface area contributed by atoms with E-state index in [0.717, 1.165) is 11.1 Å². The number of carbonyl (C=O) groups is 2. The minimum absolute atomic E-state index is 0.0354. The molecule has 158 valence electrons. The molecular weight excluding hydrogens is 400 g/mol. The maximum absolute atomic E-state index is 12.2. The van der Waals surface area contributed by atoms with E-state index in [1.165, 1.54) is 22.3 Å². The monoisotopic (exact) mass is 422 g/mol. The first kappa shape index (κ1) is 19.9. The zero-order valence-corrected chi connectivity index (χ0v) is 17.5. The molecule has 1 heterocycles. The van der Waals surface area contributed by atoms with Crippen molar-refractivity contribution in [3.63, 3.8) is 0 Å². The molecule has 3 aromatic carbocycles. The molecule has 3 aromatic rings. The second kappa shape index (κ2) is 8.60. The van der Waals surface area contributed by atoms with Gasteiger partial charge in [-0.1, -0.05) is 60.4 Å². The summed E-state index contributed by atoms with van der Waals surface area (Å²) in [6.45, 7) is 1.26.